The fourth-order valence-electron chi connectivity index (χ4n) is 1.96. The van der Waals surface area contributed by atoms with Gasteiger partial charge in [-0.15, -0.1) is 11.8 Å². The highest BCUT2D eigenvalue weighted by atomic mass is 32.2. The normalized spacial score (nSPS) is 12.9. The average Bonchev–Trinajstić information content (AvgIpc) is 2.50. The van der Waals surface area contributed by atoms with Crippen LogP contribution in [0.15, 0.2) is 35.2 Å². The van der Waals surface area contributed by atoms with E-state index >= 15 is 0 Å². The van der Waals surface area contributed by atoms with Crippen LogP contribution in [-0.4, -0.2) is 43.0 Å². The third-order valence-corrected chi connectivity index (χ3v) is 4.00. The van der Waals surface area contributed by atoms with Gasteiger partial charge in [-0.25, -0.2) is 4.79 Å². The molecule has 24 heavy (non-hydrogen) atoms. The molecule has 6 heteroatoms. The standard InChI is InChI=1S/C18H29NO4S/c1-6-21-16(22-7-2)15(19-17(20)23-18(3,4)5)13-24-14-11-9-8-10-12-14/h8-12,15-16H,6-7,13H2,1-5H3,(H,19,20)/t15-/m1/s1. The molecule has 0 saturated carbocycles. The Morgan fingerprint density at radius 3 is 2.21 bits per heavy atom. The molecule has 0 radical (unpaired) electrons. The highest BCUT2D eigenvalue weighted by molar-refractivity contribution is 7.99. The Morgan fingerprint density at radius 2 is 1.71 bits per heavy atom. The molecule has 0 heterocycles. The van der Waals surface area contributed by atoms with Gasteiger partial charge in [-0.1, -0.05) is 18.2 Å². The molecule has 1 rings (SSSR count). The number of carbonyl (C=O) groups excluding carboxylic acids is 1. The van der Waals surface area contributed by atoms with E-state index in [-0.39, 0.29) is 6.04 Å². The molecule has 1 N–H and O–H groups in total. The van der Waals surface area contributed by atoms with Crippen LogP contribution in [0, 0.1) is 0 Å². The van der Waals surface area contributed by atoms with Crippen molar-refractivity contribution < 1.29 is 19.0 Å². The number of ether oxygens (including phenoxy) is 3. The fraction of sp³-hybridized carbons (Fsp3) is 0.611. The van der Waals surface area contributed by atoms with Crippen LogP contribution >= 0.6 is 11.8 Å². The van der Waals surface area contributed by atoms with Gasteiger partial charge in [0.25, 0.3) is 0 Å². The Kier molecular flexibility index (Phi) is 9.18. The molecule has 0 aliphatic heterocycles. The molecule has 1 atom stereocenters. The first-order valence-corrected chi connectivity index (χ1v) is 9.24. The summed E-state index contributed by atoms with van der Waals surface area (Å²) in [5.74, 6) is 0.619. The first kappa shape index (κ1) is 20.8. The lowest BCUT2D eigenvalue weighted by Crippen LogP contribution is -2.49. The van der Waals surface area contributed by atoms with E-state index in [1.54, 1.807) is 11.8 Å². The maximum Gasteiger partial charge on any atom is 0.408 e. The predicted molar refractivity (Wildman–Crippen MR) is 97.4 cm³/mol. The second-order valence-corrected chi connectivity index (χ2v) is 7.25. The van der Waals surface area contributed by atoms with Crippen molar-refractivity contribution in [1.82, 2.24) is 5.32 Å². The first-order valence-electron chi connectivity index (χ1n) is 8.26. The van der Waals surface area contributed by atoms with Crippen LogP contribution in [0.2, 0.25) is 0 Å². The molecule has 0 unspecified atom stereocenters. The number of nitrogens with one attached hydrogen (secondary N) is 1. The van der Waals surface area contributed by atoms with Crippen LogP contribution in [0.1, 0.15) is 34.6 Å². The van der Waals surface area contributed by atoms with E-state index in [1.165, 1.54) is 0 Å². The van der Waals surface area contributed by atoms with Crippen molar-refractivity contribution in [1.29, 1.82) is 0 Å². The summed E-state index contributed by atoms with van der Waals surface area (Å²) >= 11 is 1.64. The van der Waals surface area contributed by atoms with E-state index in [9.17, 15) is 4.79 Å². The molecular formula is C18H29NO4S. The molecule has 0 fully saturated rings. The topological polar surface area (TPSA) is 56.8 Å². The van der Waals surface area contributed by atoms with Gasteiger partial charge in [-0.3, -0.25) is 0 Å². The van der Waals surface area contributed by atoms with Crippen LogP contribution in [0.25, 0.3) is 0 Å². The van der Waals surface area contributed by atoms with Crippen molar-refractivity contribution in [3.63, 3.8) is 0 Å². The second kappa shape index (κ2) is 10.6. The molecule has 0 aliphatic carbocycles. The van der Waals surface area contributed by atoms with Gasteiger partial charge in [0.15, 0.2) is 6.29 Å². The summed E-state index contributed by atoms with van der Waals surface area (Å²) < 4.78 is 16.7. The van der Waals surface area contributed by atoms with E-state index in [0.29, 0.717) is 19.0 Å². The minimum Gasteiger partial charge on any atom is -0.444 e. The molecule has 0 saturated heterocycles. The summed E-state index contributed by atoms with van der Waals surface area (Å²) in [5.41, 5.74) is -0.548. The van der Waals surface area contributed by atoms with Crippen molar-refractivity contribution in [3.8, 4) is 0 Å². The Balaban J connectivity index is 2.74. The molecule has 0 bridgehead atoms. The maximum absolute atomic E-state index is 12.1. The van der Waals surface area contributed by atoms with Gasteiger partial charge < -0.3 is 19.5 Å². The fourth-order valence-corrected chi connectivity index (χ4v) is 2.92. The Bertz CT molecular complexity index is 470. The van der Waals surface area contributed by atoms with Crippen molar-refractivity contribution in [2.75, 3.05) is 19.0 Å². The summed E-state index contributed by atoms with van der Waals surface area (Å²) in [6.07, 6.45) is -0.978. The number of benzene rings is 1. The number of hydrogen-bond donors (Lipinski definition) is 1. The maximum atomic E-state index is 12.1. The summed E-state index contributed by atoms with van der Waals surface area (Å²) in [6, 6.07) is 9.70. The van der Waals surface area contributed by atoms with Crippen molar-refractivity contribution >= 4 is 17.9 Å². The number of amides is 1. The zero-order chi connectivity index (χ0) is 18.0. The number of alkyl carbamates (subject to hydrolysis) is 1. The average molecular weight is 356 g/mol. The molecule has 136 valence electrons. The second-order valence-electron chi connectivity index (χ2n) is 6.16. The van der Waals surface area contributed by atoms with E-state index in [4.69, 9.17) is 14.2 Å². The molecule has 1 amide bonds. The monoisotopic (exact) mass is 355 g/mol. The summed E-state index contributed by atoms with van der Waals surface area (Å²) in [5, 5.41) is 2.88. The molecule has 0 spiro atoms. The van der Waals surface area contributed by atoms with E-state index in [0.717, 1.165) is 4.90 Å². The largest absolute Gasteiger partial charge is 0.444 e. The van der Waals surface area contributed by atoms with Gasteiger partial charge in [0, 0.05) is 23.9 Å². The van der Waals surface area contributed by atoms with Gasteiger partial charge in [0.05, 0.1) is 6.04 Å². The SMILES string of the molecule is CCOC(OCC)[C@@H](CSc1ccccc1)NC(=O)OC(C)(C)C. The molecular weight excluding hydrogens is 326 g/mol. The Labute approximate surface area is 149 Å². The van der Waals surface area contributed by atoms with Gasteiger partial charge in [-0.2, -0.15) is 0 Å². The van der Waals surface area contributed by atoms with Gasteiger partial charge in [0.1, 0.15) is 5.60 Å². The number of thioether (sulfide) groups is 1. The minimum absolute atomic E-state index is 0.315. The molecule has 0 aliphatic rings. The third kappa shape index (κ3) is 8.57. The quantitative estimate of drug-likeness (QED) is 0.534. The molecule has 5 nitrogen and oxygen atoms in total. The third-order valence-electron chi connectivity index (χ3n) is 2.87. The van der Waals surface area contributed by atoms with E-state index < -0.39 is 18.0 Å². The van der Waals surface area contributed by atoms with Crippen molar-refractivity contribution in [2.24, 2.45) is 0 Å². The molecule has 1 aromatic carbocycles. The van der Waals surface area contributed by atoms with Gasteiger partial charge >= 0.3 is 6.09 Å². The van der Waals surface area contributed by atoms with Crippen molar-refractivity contribution in [2.45, 2.75) is 57.4 Å². The molecule has 0 aromatic heterocycles. The lowest BCUT2D eigenvalue weighted by molar-refractivity contribution is -0.149. The van der Waals surface area contributed by atoms with E-state index in [1.807, 2.05) is 65.0 Å². The summed E-state index contributed by atoms with van der Waals surface area (Å²) in [6.45, 7) is 10.3. The lowest BCUT2D eigenvalue weighted by atomic mass is 10.2. The van der Waals surface area contributed by atoms with Crippen molar-refractivity contribution in [3.05, 3.63) is 30.3 Å². The smallest absolute Gasteiger partial charge is 0.408 e. The van der Waals surface area contributed by atoms with Crippen LogP contribution < -0.4 is 5.32 Å². The number of carbonyl (C=O) groups is 1. The first-order chi connectivity index (χ1) is 11.4. The predicted octanol–water partition coefficient (Wildman–Crippen LogP) is 4.07. The van der Waals surface area contributed by atoms with Gasteiger partial charge in [-0.05, 0) is 46.8 Å². The van der Waals surface area contributed by atoms with Crippen LogP contribution in [0.3, 0.4) is 0 Å². The van der Waals surface area contributed by atoms with Crippen LogP contribution in [-0.2, 0) is 14.2 Å². The van der Waals surface area contributed by atoms with E-state index in [2.05, 4.69) is 5.32 Å². The highest BCUT2D eigenvalue weighted by Gasteiger charge is 2.27. The zero-order valence-electron chi connectivity index (χ0n) is 15.2. The lowest BCUT2D eigenvalue weighted by Gasteiger charge is -2.28. The Hall–Kier alpha value is -1.24. The Morgan fingerprint density at radius 1 is 1.12 bits per heavy atom. The number of hydrogen-bond acceptors (Lipinski definition) is 5. The van der Waals surface area contributed by atoms with Crippen LogP contribution in [0.4, 0.5) is 4.79 Å². The summed E-state index contributed by atoms with van der Waals surface area (Å²) in [7, 11) is 0. The molecule has 1 aromatic rings. The zero-order valence-corrected chi connectivity index (χ0v) is 16.0. The minimum atomic E-state index is -0.548. The number of rotatable bonds is 9. The highest BCUT2D eigenvalue weighted by Crippen LogP contribution is 2.20. The summed E-state index contributed by atoms with van der Waals surface area (Å²) in [4.78, 5) is 13.3. The van der Waals surface area contributed by atoms with Crippen LogP contribution in [0.5, 0.6) is 0 Å². The van der Waals surface area contributed by atoms with Gasteiger partial charge in [0.2, 0.25) is 0 Å².